The van der Waals surface area contributed by atoms with Crippen LogP contribution in [0.3, 0.4) is 0 Å². The molecule has 3 aromatic carbocycles. The standard InChI is InChI=1S/C23H18IO3P/c1-14-20-11-10-19(28-25)13-21(20)27-23(15-6-8-17(24)9-7-15)22(14)16-4-3-5-18(12-16)26-2/h3-13,23H,1-2H3/p+1/i/hT. The van der Waals surface area contributed by atoms with E-state index in [9.17, 15) is 4.57 Å². The highest BCUT2D eigenvalue weighted by Crippen LogP contribution is 2.46. The van der Waals surface area contributed by atoms with Gasteiger partial charge in [0, 0.05) is 20.8 Å². The molecule has 0 saturated carbocycles. The first-order valence-electron chi connectivity index (χ1n) is 9.30. The largest absolute Gasteiger partial charge is 0.497 e. The van der Waals surface area contributed by atoms with Crippen molar-refractivity contribution in [2.75, 3.05) is 7.11 Å². The Morgan fingerprint density at radius 1 is 1.11 bits per heavy atom. The molecular formula is C23H19IO3P+. The fraction of sp³-hybridized carbons (Fsp3) is 0.130. The number of benzene rings is 3. The second-order valence-corrected chi connectivity index (χ2v) is 8.54. The summed E-state index contributed by atoms with van der Waals surface area (Å²) in [6.45, 7) is 2.08. The first-order valence-corrected chi connectivity index (χ1v) is 10.7. The number of methoxy groups -OCH3 is 1. The SMILES string of the molecule is [3H][P+](=O)c1ccc2c(c1)OC(c1ccc(I)cc1)C(c1cccc(OC)c1)=C2C. The van der Waals surface area contributed by atoms with Gasteiger partial charge in [0.2, 0.25) is 0 Å². The zero-order valence-electron chi connectivity index (χ0n) is 16.5. The van der Waals surface area contributed by atoms with Crippen molar-refractivity contribution < 1.29 is 14.0 Å². The van der Waals surface area contributed by atoms with Crippen molar-refractivity contribution in [1.82, 2.24) is 0 Å². The lowest BCUT2D eigenvalue weighted by Crippen LogP contribution is -2.17. The summed E-state index contributed by atoms with van der Waals surface area (Å²) in [4.78, 5) is 0. The van der Waals surface area contributed by atoms with Crippen LogP contribution >= 0.6 is 31.0 Å². The van der Waals surface area contributed by atoms with E-state index in [4.69, 9.17) is 10.8 Å². The van der Waals surface area contributed by atoms with Crippen molar-refractivity contribution in [3.05, 3.63) is 87.0 Å². The first kappa shape index (κ1) is 17.9. The Balaban J connectivity index is 1.93. The van der Waals surface area contributed by atoms with E-state index in [1.54, 1.807) is 19.2 Å². The maximum atomic E-state index is 11.7. The summed E-state index contributed by atoms with van der Waals surface area (Å²) >= 11 is 2.29. The fourth-order valence-electron chi connectivity index (χ4n) is 3.53. The quantitative estimate of drug-likeness (QED) is 0.323. The summed E-state index contributed by atoms with van der Waals surface area (Å²) in [5.74, 6) is 1.45. The molecule has 0 bridgehead atoms. The summed E-state index contributed by atoms with van der Waals surface area (Å²) in [7, 11) is -0.513. The predicted molar refractivity (Wildman–Crippen MR) is 123 cm³/mol. The molecule has 140 valence electrons. The van der Waals surface area contributed by atoms with Gasteiger partial charge >= 0.3 is 9.68 Å². The smallest absolute Gasteiger partial charge is 0.394 e. The van der Waals surface area contributed by atoms with Crippen LogP contribution in [0.1, 0.15) is 29.7 Å². The minimum Gasteiger partial charge on any atom is -0.497 e. The van der Waals surface area contributed by atoms with E-state index in [-0.39, 0.29) is 6.10 Å². The molecule has 1 aliphatic heterocycles. The van der Waals surface area contributed by atoms with Gasteiger partial charge in [-0.25, -0.2) is 0 Å². The molecule has 5 heteroatoms. The summed E-state index contributed by atoms with van der Waals surface area (Å²) in [6.07, 6.45) is -0.314. The number of hydrogen-bond acceptors (Lipinski definition) is 3. The van der Waals surface area contributed by atoms with Crippen LogP contribution in [0.5, 0.6) is 11.5 Å². The molecule has 3 nitrogen and oxygen atoms in total. The Morgan fingerprint density at radius 2 is 1.89 bits per heavy atom. The van der Waals surface area contributed by atoms with Gasteiger partial charge in [0.15, 0.2) is 5.30 Å². The highest BCUT2D eigenvalue weighted by atomic mass is 127. The first-order chi connectivity index (χ1) is 14.0. The van der Waals surface area contributed by atoms with Gasteiger partial charge in [0.1, 0.15) is 17.6 Å². The Hall–Kier alpha value is -2.17. The molecule has 2 unspecified atom stereocenters. The van der Waals surface area contributed by atoms with Gasteiger partial charge in [-0.2, -0.15) is 0 Å². The average molecular weight is 503 g/mol. The van der Waals surface area contributed by atoms with E-state index < -0.39 is 8.41 Å². The molecule has 0 spiro atoms. The van der Waals surface area contributed by atoms with Crippen LogP contribution in [0.15, 0.2) is 66.7 Å². The third kappa shape index (κ3) is 3.59. The van der Waals surface area contributed by atoms with Crippen LogP contribution in [0.4, 0.5) is 0 Å². The molecule has 2 atom stereocenters. The zero-order valence-corrected chi connectivity index (χ0v) is 18.5. The number of ether oxygens (including phenoxy) is 2. The monoisotopic (exact) mass is 503 g/mol. The van der Waals surface area contributed by atoms with Gasteiger partial charge < -0.3 is 9.47 Å². The Kier molecular flexibility index (Phi) is 5.15. The molecule has 0 fully saturated rings. The zero-order chi connectivity index (χ0) is 20.5. The van der Waals surface area contributed by atoms with Gasteiger partial charge in [-0.3, -0.25) is 0 Å². The van der Waals surface area contributed by atoms with Crippen LogP contribution in [-0.2, 0) is 4.57 Å². The molecule has 1 aliphatic rings. The highest BCUT2D eigenvalue weighted by molar-refractivity contribution is 14.1. The fourth-order valence-corrected chi connectivity index (χ4v) is 4.20. The number of hydrogen-bond donors (Lipinski definition) is 0. The van der Waals surface area contributed by atoms with Crippen molar-refractivity contribution in [2.24, 2.45) is 0 Å². The van der Waals surface area contributed by atoms with Gasteiger partial charge in [-0.1, -0.05) is 28.8 Å². The summed E-state index contributed by atoms with van der Waals surface area (Å²) < 4.78 is 32.3. The van der Waals surface area contributed by atoms with Crippen LogP contribution in [0.25, 0.3) is 11.1 Å². The van der Waals surface area contributed by atoms with E-state index in [1.807, 2.05) is 24.3 Å². The van der Waals surface area contributed by atoms with Crippen molar-refractivity contribution in [1.29, 1.82) is 1.28 Å². The molecule has 28 heavy (non-hydrogen) atoms. The minimum absolute atomic E-state index is 0.314. The molecule has 4 rings (SSSR count). The molecule has 3 aromatic rings. The summed E-state index contributed by atoms with van der Waals surface area (Å²) in [5.41, 5.74) is 5.18. The molecule has 0 aliphatic carbocycles. The van der Waals surface area contributed by atoms with Crippen LogP contribution in [0.2, 0.25) is 0 Å². The second-order valence-electron chi connectivity index (χ2n) is 6.59. The van der Waals surface area contributed by atoms with Gasteiger partial charge in [-0.15, -0.1) is 0 Å². The third-order valence-electron chi connectivity index (χ3n) is 4.94. The molecular weight excluding hydrogens is 482 g/mol. The van der Waals surface area contributed by atoms with Crippen molar-refractivity contribution in [3.63, 3.8) is 0 Å². The van der Waals surface area contributed by atoms with E-state index in [0.717, 1.165) is 37.2 Å². The van der Waals surface area contributed by atoms with E-state index >= 15 is 0 Å². The Labute approximate surface area is 181 Å². The number of rotatable bonds is 4. The molecule has 0 amide bonds. The molecule has 0 aromatic heterocycles. The van der Waals surface area contributed by atoms with Crippen molar-refractivity contribution in [3.8, 4) is 11.5 Å². The molecule has 1 heterocycles. The van der Waals surface area contributed by atoms with Crippen LogP contribution in [-0.4, -0.2) is 8.39 Å². The van der Waals surface area contributed by atoms with Crippen molar-refractivity contribution >= 4 is 47.4 Å². The number of halogens is 1. The maximum absolute atomic E-state index is 11.7. The Bertz CT molecular complexity index is 1130. The van der Waals surface area contributed by atoms with Gasteiger partial charge in [0.05, 0.1) is 7.11 Å². The summed E-state index contributed by atoms with van der Waals surface area (Å²) in [5, 5.41) is 0.470. The van der Waals surface area contributed by atoms with Gasteiger partial charge in [-0.05, 0) is 82.6 Å². The lowest BCUT2D eigenvalue weighted by Gasteiger charge is -2.31. The highest BCUT2D eigenvalue weighted by Gasteiger charge is 2.30. The average Bonchev–Trinajstić information content (AvgIpc) is 2.73. The van der Waals surface area contributed by atoms with E-state index in [2.05, 4.69) is 59.8 Å². The molecule has 0 radical (unpaired) electrons. The van der Waals surface area contributed by atoms with Crippen LogP contribution in [0, 0.1) is 3.57 Å². The second kappa shape index (κ2) is 8.06. The van der Waals surface area contributed by atoms with Crippen molar-refractivity contribution in [2.45, 2.75) is 13.0 Å². The minimum atomic E-state index is -2.17. The van der Waals surface area contributed by atoms with E-state index in [1.165, 1.54) is 0 Å². The predicted octanol–water partition coefficient (Wildman–Crippen LogP) is 6.01. The molecule has 0 saturated heterocycles. The van der Waals surface area contributed by atoms with E-state index in [0.29, 0.717) is 11.1 Å². The normalized spacial score (nSPS) is 16.8. The number of allylic oxidation sites excluding steroid dienone is 1. The number of fused-ring (bicyclic) bond motifs is 1. The van der Waals surface area contributed by atoms with Crippen LogP contribution < -0.4 is 14.8 Å². The topological polar surface area (TPSA) is 35.5 Å². The maximum Gasteiger partial charge on any atom is 0.394 e. The lowest BCUT2D eigenvalue weighted by molar-refractivity contribution is 0.260. The lowest BCUT2D eigenvalue weighted by atomic mass is 9.86. The van der Waals surface area contributed by atoms with Gasteiger partial charge in [0.25, 0.3) is 0 Å². The third-order valence-corrected chi connectivity index (χ3v) is 6.15. The summed E-state index contributed by atoms with van der Waals surface area (Å²) in [6, 6.07) is 21.6. The molecule has 0 N–H and O–H groups in total. The Morgan fingerprint density at radius 3 is 2.61 bits per heavy atom.